The lowest BCUT2D eigenvalue weighted by Crippen LogP contribution is -2.29. The van der Waals surface area contributed by atoms with E-state index in [0.29, 0.717) is 23.9 Å². The number of aromatic nitrogens is 1. The third kappa shape index (κ3) is 5.36. The number of benzene rings is 2. The molecule has 1 fully saturated rings. The second-order valence-corrected chi connectivity index (χ2v) is 7.99. The summed E-state index contributed by atoms with van der Waals surface area (Å²) in [4.78, 5) is 19.4. The van der Waals surface area contributed by atoms with E-state index in [1.54, 1.807) is 0 Å². The Bertz CT molecular complexity index is 958. The van der Waals surface area contributed by atoms with Crippen LogP contribution in [0.3, 0.4) is 0 Å². The van der Waals surface area contributed by atoms with Gasteiger partial charge in [0, 0.05) is 18.7 Å². The molecule has 0 unspecified atom stereocenters. The molecule has 0 bridgehead atoms. The highest BCUT2D eigenvalue weighted by Crippen LogP contribution is 2.21. The molecule has 30 heavy (non-hydrogen) atoms. The van der Waals surface area contributed by atoms with Crippen LogP contribution in [0.5, 0.6) is 0 Å². The molecule has 4 rings (SSSR count). The Morgan fingerprint density at radius 1 is 1.00 bits per heavy atom. The first-order valence-electron chi connectivity index (χ1n) is 10.8. The smallest absolute Gasteiger partial charge is 0.226 e. The fraction of sp³-hybridized carbons (Fsp3) is 0.360. The number of oxazole rings is 1. The van der Waals surface area contributed by atoms with Crippen molar-refractivity contribution in [3.05, 3.63) is 77.2 Å². The molecule has 1 saturated heterocycles. The second-order valence-electron chi connectivity index (χ2n) is 7.99. The van der Waals surface area contributed by atoms with E-state index < -0.39 is 0 Å². The van der Waals surface area contributed by atoms with Crippen LogP contribution in [-0.4, -0.2) is 28.9 Å². The largest absolute Gasteiger partial charge is 0.441 e. The van der Waals surface area contributed by atoms with Crippen LogP contribution in [0, 0.1) is 6.92 Å². The normalized spacial score (nSPS) is 14.6. The summed E-state index contributed by atoms with van der Waals surface area (Å²) in [5.41, 5.74) is 4.03. The number of piperidine rings is 1. The number of rotatable bonds is 7. The van der Waals surface area contributed by atoms with Crippen molar-refractivity contribution in [1.29, 1.82) is 0 Å². The Hall–Kier alpha value is -2.92. The zero-order chi connectivity index (χ0) is 20.8. The minimum absolute atomic E-state index is 0.0524. The van der Waals surface area contributed by atoms with Crippen LogP contribution in [0.4, 0.5) is 0 Å². The van der Waals surface area contributed by atoms with Gasteiger partial charge in [0.2, 0.25) is 11.8 Å². The van der Waals surface area contributed by atoms with Crippen molar-refractivity contribution in [2.45, 2.75) is 45.7 Å². The van der Waals surface area contributed by atoms with Gasteiger partial charge in [-0.25, -0.2) is 4.98 Å². The molecule has 0 saturated carbocycles. The summed E-state index contributed by atoms with van der Waals surface area (Å²) >= 11 is 0. The monoisotopic (exact) mass is 403 g/mol. The Morgan fingerprint density at radius 2 is 1.70 bits per heavy atom. The summed E-state index contributed by atoms with van der Waals surface area (Å²) < 4.78 is 5.74. The van der Waals surface area contributed by atoms with Gasteiger partial charge in [-0.05, 0) is 56.1 Å². The lowest BCUT2D eigenvalue weighted by Gasteiger charge is -2.26. The first-order valence-corrected chi connectivity index (χ1v) is 10.8. The van der Waals surface area contributed by atoms with Crippen molar-refractivity contribution in [3.63, 3.8) is 0 Å². The van der Waals surface area contributed by atoms with Gasteiger partial charge in [0.1, 0.15) is 5.76 Å². The number of aryl methyl sites for hydroxylation is 1. The predicted molar refractivity (Wildman–Crippen MR) is 118 cm³/mol. The molecule has 0 radical (unpaired) electrons. The number of hydrogen-bond acceptors (Lipinski definition) is 4. The molecule has 1 amide bonds. The standard InChI is InChI=1S/C25H29N3O2/c1-19-23(27-25(30-19)22-8-4-2-5-9-22)16-24(29)26-17-20-10-12-21(13-11-20)18-28-14-6-3-7-15-28/h2,4-5,8-13H,3,6-7,14-18H2,1H3,(H,26,29). The zero-order valence-electron chi connectivity index (χ0n) is 17.6. The number of carbonyl (C=O) groups excluding carboxylic acids is 1. The highest BCUT2D eigenvalue weighted by molar-refractivity contribution is 5.78. The first kappa shape index (κ1) is 20.4. The van der Waals surface area contributed by atoms with Gasteiger partial charge in [0.25, 0.3) is 0 Å². The summed E-state index contributed by atoms with van der Waals surface area (Å²) in [5.74, 6) is 1.19. The topological polar surface area (TPSA) is 58.4 Å². The predicted octanol–water partition coefficient (Wildman–Crippen LogP) is 4.49. The van der Waals surface area contributed by atoms with Crippen LogP contribution < -0.4 is 5.32 Å². The maximum atomic E-state index is 12.4. The van der Waals surface area contributed by atoms with Gasteiger partial charge < -0.3 is 9.73 Å². The zero-order valence-corrected chi connectivity index (χ0v) is 17.6. The molecule has 1 aliphatic heterocycles. The van der Waals surface area contributed by atoms with Crippen LogP contribution >= 0.6 is 0 Å². The molecule has 1 aliphatic rings. The molecular weight excluding hydrogens is 374 g/mol. The molecule has 2 aromatic carbocycles. The van der Waals surface area contributed by atoms with Crippen LogP contribution in [0.25, 0.3) is 11.5 Å². The highest BCUT2D eigenvalue weighted by Gasteiger charge is 2.15. The Morgan fingerprint density at radius 3 is 2.43 bits per heavy atom. The number of hydrogen-bond donors (Lipinski definition) is 1. The van der Waals surface area contributed by atoms with Gasteiger partial charge in [-0.2, -0.15) is 0 Å². The fourth-order valence-corrected chi connectivity index (χ4v) is 3.85. The maximum Gasteiger partial charge on any atom is 0.226 e. The van der Waals surface area contributed by atoms with Gasteiger partial charge in [0.05, 0.1) is 12.1 Å². The van der Waals surface area contributed by atoms with E-state index in [2.05, 4.69) is 39.5 Å². The van der Waals surface area contributed by atoms with Crippen LogP contribution in [-0.2, 0) is 24.3 Å². The molecule has 1 aromatic heterocycles. The average Bonchev–Trinajstić information content (AvgIpc) is 3.15. The van der Waals surface area contributed by atoms with Crippen molar-refractivity contribution >= 4 is 5.91 Å². The molecule has 0 spiro atoms. The number of likely N-dealkylation sites (tertiary alicyclic amines) is 1. The Labute approximate surface area is 178 Å². The van der Waals surface area contributed by atoms with E-state index >= 15 is 0 Å². The number of carbonyl (C=O) groups is 1. The van der Waals surface area contributed by atoms with E-state index in [1.165, 1.54) is 37.9 Å². The molecule has 2 heterocycles. The van der Waals surface area contributed by atoms with Gasteiger partial charge in [0.15, 0.2) is 0 Å². The van der Waals surface area contributed by atoms with Gasteiger partial charge in [-0.15, -0.1) is 0 Å². The lowest BCUT2D eigenvalue weighted by molar-refractivity contribution is -0.120. The molecule has 3 aromatic rings. The summed E-state index contributed by atoms with van der Waals surface area (Å²) in [5, 5.41) is 2.99. The van der Waals surface area contributed by atoms with E-state index in [9.17, 15) is 4.79 Å². The van der Waals surface area contributed by atoms with Crippen molar-refractivity contribution in [2.24, 2.45) is 0 Å². The molecule has 156 valence electrons. The minimum Gasteiger partial charge on any atom is -0.441 e. The van der Waals surface area contributed by atoms with E-state index in [1.807, 2.05) is 37.3 Å². The maximum absolute atomic E-state index is 12.4. The highest BCUT2D eigenvalue weighted by atomic mass is 16.4. The fourth-order valence-electron chi connectivity index (χ4n) is 3.85. The molecule has 0 aliphatic carbocycles. The molecule has 5 nitrogen and oxygen atoms in total. The van der Waals surface area contributed by atoms with Crippen molar-refractivity contribution in [3.8, 4) is 11.5 Å². The third-order valence-electron chi connectivity index (χ3n) is 5.61. The number of amides is 1. The molecule has 1 N–H and O–H groups in total. The third-order valence-corrected chi connectivity index (χ3v) is 5.61. The van der Waals surface area contributed by atoms with Gasteiger partial charge in [-0.1, -0.05) is 48.9 Å². The van der Waals surface area contributed by atoms with Crippen LogP contribution in [0.2, 0.25) is 0 Å². The number of nitrogens with zero attached hydrogens (tertiary/aromatic N) is 2. The van der Waals surface area contributed by atoms with E-state index in [-0.39, 0.29) is 12.3 Å². The van der Waals surface area contributed by atoms with Crippen molar-refractivity contribution in [2.75, 3.05) is 13.1 Å². The van der Waals surface area contributed by atoms with Crippen LogP contribution in [0.1, 0.15) is 41.8 Å². The molecular formula is C25H29N3O2. The van der Waals surface area contributed by atoms with Crippen molar-refractivity contribution < 1.29 is 9.21 Å². The van der Waals surface area contributed by atoms with Gasteiger partial charge in [-0.3, -0.25) is 9.69 Å². The molecule has 5 heteroatoms. The summed E-state index contributed by atoms with van der Waals surface area (Å²) in [7, 11) is 0. The van der Waals surface area contributed by atoms with E-state index in [0.717, 1.165) is 17.7 Å². The summed E-state index contributed by atoms with van der Waals surface area (Å²) in [6.45, 7) is 5.78. The summed E-state index contributed by atoms with van der Waals surface area (Å²) in [6.07, 6.45) is 4.19. The second kappa shape index (κ2) is 9.72. The van der Waals surface area contributed by atoms with Crippen LogP contribution in [0.15, 0.2) is 59.0 Å². The van der Waals surface area contributed by atoms with E-state index in [4.69, 9.17) is 4.42 Å². The lowest BCUT2D eigenvalue weighted by atomic mass is 10.1. The Balaban J connectivity index is 1.28. The Kier molecular flexibility index (Phi) is 6.60. The number of nitrogens with one attached hydrogen (secondary N) is 1. The summed E-state index contributed by atoms with van der Waals surface area (Å²) in [6, 6.07) is 18.3. The minimum atomic E-state index is -0.0524. The SMILES string of the molecule is Cc1oc(-c2ccccc2)nc1CC(=O)NCc1ccc(CN2CCCCC2)cc1. The van der Waals surface area contributed by atoms with Gasteiger partial charge >= 0.3 is 0 Å². The quantitative estimate of drug-likeness (QED) is 0.631. The molecule has 0 atom stereocenters. The first-order chi connectivity index (χ1) is 14.7. The van der Waals surface area contributed by atoms with Crippen molar-refractivity contribution in [1.82, 2.24) is 15.2 Å². The average molecular weight is 404 g/mol.